The number of piperidine rings is 1. The van der Waals surface area contributed by atoms with Crippen molar-refractivity contribution in [2.24, 2.45) is 0 Å². The van der Waals surface area contributed by atoms with E-state index in [0.717, 1.165) is 62.6 Å². The standard InChI is InChI=1S/C20H30N4O3/c1-26-19-6-2-4-17(20(19)27-13-12-24-11-8-22-16-24)14-21-7-10-23-9-3-5-18(25)15-23/h2,4,6,8,11,16,18,21,25H,3,5,7,9-10,12-15H2,1H3/t18-/m0/s1. The molecule has 1 aliphatic rings. The summed E-state index contributed by atoms with van der Waals surface area (Å²) < 4.78 is 13.5. The molecule has 0 radical (unpaired) electrons. The summed E-state index contributed by atoms with van der Waals surface area (Å²) >= 11 is 0. The molecule has 0 aliphatic carbocycles. The highest BCUT2D eigenvalue weighted by atomic mass is 16.5. The quantitative estimate of drug-likeness (QED) is 0.615. The Morgan fingerprint density at radius 3 is 3.04 bits per heavy atom. The van der Waals surface area contributed by atoms with Crippen LogP contribution in [0.2, 0.25) is 0 Å². The van der Waals surface area contributed by atoms with Gasteiger partial charge in [-0.25, -0.2) is 4.98 Å². The zero-order valence-corrected chi connectivity index (χ0v) is 16.0. The third-order valence-corrected chi connectivity index (χ3v) is 4.84. The molecule has 7 heteroatoms. The second-order valence-electron chi connectivity index (χ2n) is 6.87. The zero-order valence-electron chi connectivity index (χ0n) is 16.0. The number of rotatable bonds is 10. The van der Waals surface area contributed by atoms with E-state index in [4.69, 9.17) is 9.47 Å². The van der Waals surface area contributed by atoms with Gasteiger partial charge in [-0.2, -0.15) is 0 Å². The van der Waals surface area contributed by atoms with E-state index >= 15 is 0 Å². The van der Waals surface area contributed by atoms with Crippen LogP contribution < -0.4 is 14.8 Å². The van der Waals surface area contributed by atoms with Gasteiger partial charge < -0.3 is 24.5 Å². The Balaban J connectivity index is 1.49. The van der Waals surface area contributed by atoms with Crippen molar-refractivity contribution in [1.82, 2.24) is 19.8 Å². The fraction of sp³-hybridized carbons (Fsp3) is 0.550. The maximum atomic E-state index is 9.76. The topological polar surface area (TPSA) is 71.8 Å². The molecule has 0 spiro atoms. The predicted octanol–water partition coefficient (Wildman–Crippen LogP) is 1.52. The lowest BCUT2D eigenvalue weighted by molar-refractivity contribution is 0.0712. The van der Waals surface area contributed by atoms with Crippen molar-refractivity contribution in [2.45, 2.75) is 32.0 Å². The van der Waals surface area contributed by atoms with Gasteiger partial charge in [-0.15, -0.1) is 0 Å². The van der Waals surface area contributed by atoms with Crippen LogP contribution >= 0.6 is 0 Å². The fourth-order valence-corrected chi connectivity index (χ4v) is 3.39. The van der Waals surface area contributed by atoms with Crippen LogP contribution in [0, 0.1) is 0 Å². The lowest BCUT2D eigenvalue weighted by Crippen LogP contribution is -2.41. The molecule has 2 N–H and O–H groups in total. The minimum Gasteiger partial charge on any atom is -0.493 e. The number of β-amino-alcohol motifs (C(OH)–C–C–N with tert-alkyl or cyclic N) is 1. The minimum absolute atomic E-state index is 0.173. The molecular formula is C20H30N4O3. The highest BCUT2D eigenvalue weighted by Crippen LogP contribution is 2.31. The van der Waals surface area contributed by atoms with Crippen molar-refractivity contribution < 1.29 is 14.6 Å². The molecule has 1 saturated heterocycles. The number of aromatic nitrogens is 2. The number of ether oxygens (including phenoxy) is 2. The molecule has 3 rings (SSSR count). The van der Waals surface area contributed by atoms with Gasteiger partial charge in [0.2, 0.25) is 0 Å². The predicted molar refractivity (Wildman–Crippen MR) is 104 cm³/mol. The van der Waals surface area contributed by atoms with E-state index in [1.807, 2.05) is 22.9 Å². The monoisotopic (exact) mass is 374 g/mol. The Labute approximate surface area is 160 Å². The highest BCUT2D eigenvalue weighted by molar-refractivity contribution is 5.46. The summed E-state index contributed by atoms with van der Waals surface area (Å²) in [4.78, 5) is 6.36. The molecule has 0 saturated carbocycles. The number of aliphatic hydroxyl groups excluding tert-OH is 1. The number of likely N-dealkylation sites (tertiary alicyclic amines) is 1. The Kier molecular flexibility index (Phi) is 7.50. The first-order chi connectivity index (χ1) is 13.3. The summed E-state index contributed by atoms with van der Waals surface area (Å²) in [5.41, 5.74) is 1.08. The molecule has 148 valence electrons. The number of para-hydroxylation sites is 1. The first kappa shape index (κ1) is 19.7. The number of hydrogen-bond donors (Lipinski definition) is 2. The summed E-state index contributed by atoms with van der Waals surface area (Å²) in [6, 6.07) is 5.97. The summed E-state index contributed by atoms with van der Waals surface area (Å²) in [7, 11) is 1.66. The van der Waals surface area contributed by atoms with E-state index in [2.05, 4.69) is 21.3 Å². The number of aliphatic hydroxyl groups is 1. The first-order valence-corrected chi connectivity index (χ1v) is 9.62. The van der Waals surface area contributed by atoms with Gasteiger partial charge in [0, 0.05) is 44.1 Å². The molecule has 27 heavy (non-hydrogen) atoms. The van der Waals surface area contributed by atoms with Crippen LogP contribution in [0.4, 0.5) is 0 Å². The van der Waals surface area contributed by atoms with Crippen LogP contribution in [0.1, 0.15) is 18.4 Å². The highest BCUT2D eigenvalue weighted by Gasteiger charge is 2.17. The number of nitrogens with one attached hydrogen (secondary N) is 1. The Hall–Kier alpha value is -2.09. The number of imidazole rings is 1. The van der Waals surface area contributed by atoms with Crippen molar-refractivity contribution in [3.05, 3.63) is 42.5 Å². The molecule has 1 aromatic heterocycles. The Morgan fingerprint density at radius 2 is 2.26 bits per heavy atom. The third kappa shape index (κ3) is 5.95. The SMILES string of the molecule is COc1cccc(CNCCN2CCC[C@H](O)C2)c1OCCn1ccnc1. The molecule has 0 amide bonds. The molecule has 0 bridgehead atoms. The normalized spacial score (nSPS) is 17.8. The van der Waals surface area contributed by atoms with Crippen molar-refractivity contribution in [3.63, 3.8) is 0 Å². The number of nitrogens with zero attached hydrogens (tertiary/aromatic N) is 3. The molecule has 1 atom stereocenters. The smallest absolute Gasteiger partial charge is 0.165 e. The molecule has 1 fully saturated rings. The van der Waals surface area contributed by atoms with Crippen molar-refractivity contribution in [2.75, 3.05) is 39.9 Å². The van der Waals surface area contributed by atoms with E-state index in [-0.39, 0.29) is 6.10 Å². The lowest BCUT2D eigenvalue weighted by atomic mass is 10.1. The summed E-state index contributed by atoms with van der Waals surface area (Å²) in [6.07, 6.45) is 7.30. The van der Waals surface area contributed by atoms with E-state index in [1.165, 1.54) is 0 Å². The maximum Gasteiger partial charge on any atom is 0.165 e. The van der Waals surface area contributed by atoms with Gasteiger partial charge in [-0.3, -0.25) is 4.90 Å². The van der Waals surface area contributed by atoms with E-state index in [9.17, 15) is 5.11 Å². The minimum atomic E-state index is -0.173. The van der Waals surface area contributed by atoms with Gasteiger partial charge in [0.1, 0.15) is 6.61 Å². The Bertz CT molecular complexity index is 678. The maximum absolute atomic E-state index is 9.76. The number of methoxy groups -OCH3 is 1. The lowest BCUT2D eigenvalue weighted by Gasteiger charge is -2.29. The van der Waals surface area contributed by atoms with Crippen LogP contribution in [0.25, 0.3) is 0 Å². The van der Waals surface area contributed by atoms with Gasteiger partial charge in [0.25, 0.3) is 0 Å². The molecule has 2 heterocycles. The largest absolute Gasteiger partial charge is 0.493 e. The van der Waals surface area contributed by atoms with E-state index in [1.54, 1.807) is 19.6 Å². The summed E-state index contributed by atoms with van der Waals surface area (Å²) in [6.45, 7) is 5.67. The van der Waals surface area contributed by atoms with Crippen molar-refractivity contribution >= 4 is 0 Å². The van der Waals surface area contributed by atoms with Gasteiger partial charge >= 0.3 is 0 Å². The average molecular weight is 374 g/mol. The number of benzene rings is 1. The van der Waals surface area contributed by atoms with Gasteiger partial charge in [-0.05, 0) is 25.5 Å². The van der Waals surface area contributed by atoms with Crippen LogP contribution in [0.15, 0.2) is 36.9 Å². The van der Waals surface area contributed by atoms with Crippen molar-refractivity contribution in [1.29, 1.82) is 0 Å². The van der Waals surface area contributed by atoms with E-state index in [0.29, 0.717) is 13.2 Å². The second kappa shape index (κ2) is 10.3. The fourth-order valence-electron chi connectivity index (χ4n) is 3.39. The number of hydrogen-bond acceptors (Lipinski definition) is 6. The van der Waals surface area contributed by atoms with Crippen LogP contribution in [-0.2, 0) is 13.1 Å². The van der Waals surface area contributed by atoms with Gasteiger partial charge in [0.15, 0.2) is 11.5 Å². The van der Waals surface area contributed by atoms with Gasteiger partial charge in [-0.1, -0.05) is 12.1 Å². The molecule has 0 unspecified atom stereocenters. The van der Waals surface area contributed by atoms with Crippen LogP contribution in [-0.4, -0.2) is 65.6 Å². The Morgan fingerprint density at radius 1 is 1.33 bits per heavy atom. The molecule has 1 aromatic carbocycles. The summed E-state index contributed by atoms with van der Waals surface area (Å²) in [5.74, 6) is 1.54. The molecular weight excluding hydrogens is 344 g/mol. The summed E-state index contributed by atoms with van der Waals surface area (Å²) in [5, 5.41) is 13.2. The average Bonchev–Trinajstić information content (AvgIpc) is 3.19. The van der Waals surface area contributed by atoms with Crippen LogP contribution in [0.3, 0.4) is 0 Å². The second-order valence-corrected chi connectivity index (χ2v) is 6.87. The van der Waals surface area contributed by atoms with E-state index < -0.39 is 0 Å². The van der Waals surface area contributed by atoms with Gasteiger partial charge in [0.05, 0.1) is 26.1 Å². The molecule has 1 aliphatic heterocycles. The first-order valence-electron chi connectivity index (χ1n) is 9.62. The van der Waals surface area contributed by atoms with Crippen molar-refractivity contribution in [3.8, 4) is 11.5 Å². The molecule has 7 nitrogen and oxygen atoms in total. The zero-order chi connectivity index (χ0) is 18.9. The molecule has 2 aromatic rings. The van der Waals surface area contributed by atoms with Crippen LogP contribution in [0.5, 0.6) is 11.5 Å². The third-order valence-electron chi connectivity index (χ3n) is 4.84.